The molecule has 2 aromatic heterocycles. The van der Waals surface area contributed by atoms with Gasteiger partial charge < -0.3 is 13.9 Å². The summed E-state index contributed by atoms with van der Waals surface area (Å²) >= 11 is 5.99. The summed E-state index contributed by atoms with van der Waals surface area (Å²) in [5, 5.41) is 0.689. The van der Waals surface area contributed by atoms with Crippen molar-refractivity contribution in [2.75, 3.05) is 7.11 Å². The predicted octanol–water partition coefficient (Wildman–Crippen LogP) is 12.1. The zero-order chi connectivity index (χ0) is 37.9. The minimum absolute atomic E-state index is 0.00842. The number of hydrogen-bond acceptors (Lipinski definition) is 7. The molecule has 0 fully saturated rings. The van der Waals surface area contributed by atoms with Crippen molar-refractivity contribution in [3.8, 4) is 11.3 Å². The van der Waals surface area contributed by atoms with Crippen LogP contribution in [0.2, 0.25) is 5.02 Å². The third kappa shape index (κ3) is 17.3. The molecule has 0 saturated carbocycles. The molecule has 8 heteroatoms. The number of rotatable bonds is 8. The second-order valence-corrected chi connectivity index (χ2v) is 14.6. The van der Waals surface area contributed by atoms with Crippen LogP contribution in [0, 0.1) is 11.3 Å². The van der Waals surface area contributed by atoms with Crippen molar-refractivity contribution < 1.29 is 28.3 Å². The highest BCUT2D eigenvalue weighted by Crippen LogP contribution is 2.35. The molecule has 0 radical (unpaired) electrons. The number of carbonyl (C=O) groups is 3. The van der Waals surface area contributed by atoms with Crippen LogP contribution in [0.5, 0.6) is 0 Å². The summed E-state index contributed by atoms with van der Waals surface area (Å²) in [7, 11) is 1.23. The zero-order valence-corrected chi connectivity index (χ0v) is 33.5. The molecular weight excluding hydrogens is 626 g/mol. The van der Waals surface area contributed by atoms with E-state index in [0.29, 0.717) is 27.3 Å². The van der Waals surface area contributed by atoms with E-state index < -0.39 is 11.6 Å². The van der Waals surface area contributed by atoms with E-state index in [1.807, 2.05) is 58.0 Å². The Kier molecular flexibility index (Phi) is 21.9. The number of unbranched alkanes of at least 4 members (excludes halogenated alkanes) is 1. The summed E-state index contributed by atoms with van der Waals surface area (Å²) in [6.07, 6.45) is 5.29. The van der Waals surface area contributed by atoms with Crippen LogP contribution in [0.25, 0.3) is 22.4 Å². The van der Waals surface area contributed by atoms with Gasteiger partial charge in [0.1, 0.15) is 5.52 Å². The highest BCUT2D eigenvalue weighted by molar-refractivity contribution is 6.30. The van der Waals surface area contributed by atoms with E-state index in [-0.39, 0.29) is 23.6 Å². The molecule has 0 aliphatic carbocycles. The number of furan rings is 1. The highest BCUT2D eigenvalue weighted by Gasteiger charge is 2.30. The van der Waals surface area contributed by atoms with Crippen molar-refractivity contribution in [3.63, 3.8) is 0 Å². The lowest BCUT2D eigenvalue weighted by Crippen LogP contribution is -2.35. The molecule has 0 spiro atoms. The number of ketones is 1. The van der Waals surface area contributed by atoms with Crippen molar-refractivity contribution >= 4 is 40.9 Å². The molecule has 0 amide bonds. The average Bonchev–Trinajstić information content (AvgIpc) is 3.45. The number of Topliss-reactive ketones (excluding diaryl/α,β-unsaturated/α-hetero) is 1. The minimum Gasteiger partial charge on any atom is -0.466 e. The fourth-order valence-corrected chi connectivity index (χ4v) is 4.04. The Labute approximate surface area is 296 Å². The first-order valence-corrected chi connectivity index (χ1v) is 17.5. The monoisotopic (exact) mass is 689 g/mol. The molecular formula is C40H64ClNO6. The van der Waals surface area contributed by atoms with E-state index in [1.54, 1.807) is 6.07 Å². The summed E-state index contributed by atoms with van der Waals surface area (Å²) in [5.41, 5.74) is 3.50. The normalized spacial score (nSPS) is 11.0. The maximum absolute atomic E-state index is 12.3. The first kappa shape index (κ1) is 46.9. The van der Waals surface area contributed by atoms with Crippen LogP contribution in [0.15, 0.2) is 40.8 Å². The summed E-state index contributed by atoms with van der Waals surface area (Å²) in [6.45, 7) is 30.6. The minimum atomic E-state index is -1.17. The number of nitrogens with zero attached hydrogens (tertiary/aromatic N) is 1. The van der Waals surface area contributed by atoms with E-state index >= 15 is 0 Å². The summed E-state index contributed by atoms with van der Waals surface area (Å²) in [4.78, 5) is 37.6. The van der Waals surface area contributed by atoms with Crippen LogP contribution in [-0.4, -0.2) is 35.9 Å². The summed E-state index contributed by atoms with van der Waals surface area (Å²) < 4.78 is 14.7. The largest absolute Gasteiger partial charge is 0.466 e. The van der Waals surface area contributed by atoms with Crippen molar-refractivity contribution in [1.82, 2.24) is 4.98 Å². The fourth-order valence-electron chi connectivity index (χ4n) is 3.92. The van der Waals surface area contributed by atoms with E-state index in [9.17, 15) is 14.4 Å². The number of ether oxygens (including phenoxy) is 2. The lowest BCUT2D eigenvalue weighted by Gasteiger charge is -2.20. The summed E-state index contributed by atoms with van der Waals surface area (Å²) in [6, 6.07) is 11.4. The molecule has 272 valence electrons. The van der Waals surface area contributed by atoms with Gasteiger partial charge in [-0.05, 0) is 49.3 Å². The number of carbonyl (C=O) groups excluding carboxylic acids is 3. The number of hydrogen-bond donors (Lipinski definition) is 0. The Hall–Kier alpha value is -3.19. The van der Waals surface area contributed by atoms with Crippen molar-refractivity contribution in [2.24, 2.45) is 11.3 Å². The second-order valence-electron chi connectivity index (χ2n) is 14.2. The van der Waals surface area contributed by atoms with E-state index in [4.69, 9.17) is 21.0 Å². The Morgan fingerprint density at radius 3 is 1.77 bits per heavy atom. The standard InChI is InChI=1S/C21H22ClNO2.C7H16.C6H10O4.C4H10.C2H6/c1-12(2)19(24)18-11-17-20(25-18)15(21(3,4)5)10-16(23-17)13-6-8-14(22)9-7-13;1-5-6-7(2,3)4;1-6(2,10-4-7)5(8)9-3;1-3-4-2;1-2/h6-12H,1-5H3;5-6H2,1-4H3;4H,1-3H3;3-4H2,1-2H3;1-2H3. The Morgan fingerprint density at radius 2 is 1.42 bits per heavy atom. The van der Waals surface area contributed by atoms with Gasteiger partial charge in [0.25, 0.3) is 6.47 Å². The van der Waals surface area contributed by atoms with Gasteiger partial charge in [-0.25, -0.2) is 9.78 Å². The van der Waals surface area contributed by atoms with Gasteiger partial charge in [-0.3, -0.25) is 9.59 Å². The lowest BCUT2D eigenvalue weighted by molar-refractivity contribution is -0.169. The number of esters is 1. The van der Waals surface area contributed by atoms with Gasteiger partial charge in [-0.1, -0.05) is 133 Å². The molecule has 3 aromatic rings. The number of aromatic nitrogens is 1. The molecule has 48 heavy (non-hydrogen) atoms. The number of fused-ring (bicyclic) bond motifs is 1. The first-order chi connectivity index (χ1) is 22.2. The third-order valence-electron chi connectivity index (χ3n) is 6.71. The van der Waals surface area contributed by atoms with E-state index in [1.165, 1.54) is 46.6 Å². The van der Waals surface area contributed by atoms with Gasteiger partial charge in [-0.15, -0.1) is 0 Å². The van der Waals surface area contributed by atoms with Gasteiger partial charge in [0.2, 0.25) is 11.4 Å². The quantitative estimate of drug-likeness (QED) is 0.132. The molecule has 0 N–H and O–H groups in total. The van der Waals surface area contributed by atoms with Crippen LogP contribution in [-0.2, 0) is 24.5 Å². The van der Waals surface area contributed by atoms with Crippen LogP contribution >= 0.6 is 11.6 Å². The SMILES string of the molecule is CC.CC(C)C(=O)c1cc2nc(-c3ccc(Cl)cc3)cc(C(C)(C)C)c2o1.CCCC.CCCC(C)(C)C.COC(=O)C(C)(C)OC=O. The van der Waals surface area contributed by atoms with Crippen LogP contribution in [0.4, 0.5) is 0 Å². The van der Waals surface area contributed by atoms with Crippen LogP contribution in [0.1, 0.15) is 146 Å². The zero-order valence-electron chi connectivity index (χ0n) is 32.7. The fraction of sp³-hybridized carbons (Fsp3) is 0.600. The van der Waals surface area contributed by atoms with E-state index in [2.05, 4.69) is 71.8 Å². The van der Waals surface area contributed by atoms with Crippen LogP contribution in [0.3, 0.4) is 0 Å². The molecule has 0 aliphatic heterocycles. The van der Waals surface area contributed by atoms with Crippen molar-refractivity contribution in [1.29, 1.82) is 0 Å². The molecule has 3 rings (SSSR count). The van der Waals surface area contributed by atoms with Crippen molar-refractivity contribution in [3.05, 3.63) is 52.7 Å². The third-order valence-corrected chi connectivity index (χ3v) is 6.97. The number of benzene rings is 1. The van der Waals surface area contributed by atoms with E-state index in [0.717, 1.165) is 16.8 Å². The number of pyridine rings is 1. The molecule has 2 heterocycles. The molecule has 0 atom stereocenters. The van der Waals surface area contributed by atoms with Gasteiger partial charge in [0, 0.05) is 28.1 Å². The number of halogens is 1. The Morgan fingerprint density at radius 1 is 0.896 bits per heavy atom. The maximum atomic E-state index is 12.3. The van der Waals surface area contributed by atoms with Crippen LogP contribution < -0.4 is 0 Å². The smallest absolute Gasteiger partial charge is 0.349 e. The molecule has 0 unspecified atom stereocenters. The van der Waals surface area contributed by atoms with Gasteiger partial charge in [0.05, 0.1) is 12.8 Å². The predicted molar refractivity (Wildman–Crippen MR) is 202 cm³/mol. The first-order valence-electron chi connectivity index (χ1n) is 17.1. The summed E-state index contributed by atoms with van der Waals surface area (Å²) in [5.74, 6) is -0.323. The van der Waals surface area contributed by atoms with Crippen molar-refractivity contribution in [2.45, 2.75) is 141 Å². The number of methoxy groups -OCH3 is 1. The van der Waals surface area contributed by atoms with Gasteiger partial charge in [0.15, 0.2) is 11.3 Å². The molecule has 7 nitrogen and oxygen atoms in total. The Bertz CT molecular complexity index is 1360. The Balaban J connectivity index is 0. The lowest BCUT2D eigenvalue weighted by atomic mass is 9.86. The average molecular weight is 690 g/mol. The highest BCUT2D eigenvalue weighted by atomic mass is 35.5. The molecule has 0 aliphatic rings. The second kappa shape index (κ2) is 22.4. The van der Waals surface area contributed by atoms with Gasteiger partial charge in [-0.2, -0.15) is 0 Å². The topological polar surface area (TPSA) is 95.7 Å². The molecule has 0 bridgehead atoms. The van der Waals surface area contributed by atoms with Gasteiger partial charge >= 0.3 is 5.97 Å². The maximum Gasteiger partial charge on any atom is 0.349 e. The molecule has 0 saturated heterocycles. The molecule has 1 aromatic carbocycles.